The van der Waals surface area contributed by atoms with Gasteiger partial charge in [0.1, 0.15) is 0 Å². The molecule has 1 aromatic carbocycles. The van der Waals surface area contributed by atoms with Gasteiger partial charge in [-0.05, 0) is 23.8 Å². The Morgan fingerprint density at radius 3 is 2.53 bits per heavy atom. The number of anilines is 2. The van der Waals surface area contributed by atoms with Crippen molar-refractivity contribution in [3.05, 3.63) is 22.2 Å². The molecule has 0 aromatic heterocycles. The van der Waals surface area contributed by atoms with Crippen molar-refractivity contribution >= 4 is 52.2 Å². The van der Waals surface area contributed by atoms with Gasteiger partial charge in [-0.3, -0.25) is 4.79 Å². The monoisotopic (exact) mass is 320 g/mol. The van der Waals surface area contributed by atoms with Gasteiger partial charge in [0.25, 0.3) is 0 Å². The molecule has 0 bridgehead atoms. The van der Waals surface area contributed by atoms with E-state index < -0.39 is 0 Å². The van der Waals surface area contributed by atoms with Gasteiger partial charge in [0, 0.05) is 5.69 Å². The van der Waals surface area contributed by atoms with E-state index in [0.717, 1.165) is 12.2 Å². The Kier molecular flexibility index (Phi) is 6.83. The summed E-state index contributed by atoms with van der Waals surface area (Å²) in [5.41, 5.74) is 6.50. The molecule has 3 N–H and O–H groups in total. The second-order valence-corrected chi connectivity index (χ2v) is 6.28. The largest absolute Gasteiger partial charge is 0.399 e. The maximum atomic E-state index is 11.8. The van der Waals surface area contributed by atoms with Crippen LogP contribution in [0, 0.1) is 5.92 Å². The Hall–Kier alpha value is -0.580. The molecule has 3 nitrogen and oxygen atoms in total. The molecule has 19 heavy (non-hydrogen) atoms. The second kappa shape index (κ2) is 7.88. The van der Waals surface area contributed by atoms with Crippen molar-refractivity contribution in [1.29, 1.82) is 0 Å². The minimum absolute atomic E-state index is 0.109. The van der Waals surface area contributed by atoms with Crippen LogP contribution in [0.15, 0.2) is 12.1 Å². The standard InChI is InChI=1S/C13H18Cl2N2OS/c1-3-8(2)6-19-7-12(18)17-13-10(14)4-9(16)5-11(13)15/h4-5,8H,3,6-7,16H2,1-2H3,(H,17,18). The van der Waals surface area contributed by atoms with Gasteiger partial charge < -0.3 is 11.1 Å². The van der Waals surface area contributed by atoms with Gasteiger partial charge >= 0.3 is 0 Å². The number of amides is 1. The minimum atomic E-state index is -0.109. The third kappa shape index (κ3) is 5.51. The summed E-state index contributed by atoms with van der Waals surface area (Å²) in [5, 5.41) is 3.42. The molecule has 0 heterocycles. The zero-order valence-corrected chi connectivity index (χ0v) is 13.3. The molecule has 1 unspecified atom stereocenters. The lowest BCUT2D eigenvalue weighted by molar-refractivity contribution is -0.113. The number of carbonyl (C=O) groups excluding carboxylic acids is 1. The summed E-state index contributed by atoms with van der Waals surface area (Å²) < 4.78 is 0. The Bertz CT molecular complexity index is 431. The fourth-order valence-electron chi connectivity index (χ4n) is 1.36. The van der Waals surface area contributed by atoms with Crippen molar-refractivity contribution < 1.29 is 4.79 Å². The number of nitrogens with two attached hydrogens (primary N) is 1. The maximum absolute atomic E-state index is 11.8. The topological polar surface area (TPSA) is 55.1 Å². The summed E-state index contributed by atoms with van der Waals surface area (Å²) in [6, 6.07) is 3.13. The van der Waals surface area contributed by atoms with Crippen LogP contribution in [-0.4, -0.2) is 17.4 Å². The summed E-state index contributed by atoms with van der Waals surface area (Å²) in [5.74, 6) is 1.86. The van der Waals surface area contributed by atoms with Gasteiger partial charge in [-0.25, -0.2) is 0 Å². The van der Waals surface area contributed by atoms with Crippen LogP contribution in [0.5, 0.6) is 0 Å². The number of hydrogen-bond acceptors (Lipinski definition) is 3. The quantitative estimate of drug-likeness (QED) is 0.768. The van der Waals surface area contributed by atoms with E-state index >= 15 is 0 Å². The molecule has 0 saturated heterocycles. The van der Waals surface area contributed by atoms with E-state index in [-0.39, 0.29) is 5.91 Å². The molecule has 1 aromatic rings. The van der Waals surface area contributed by atoms with Crippen molar-refractivity contribution in [1.82, 2.24) is 0 Å². The molecule has 1 rings (SSSR count). The van der Waals surface area contributed by atoms with Gasteiger partial charge in [0.2, 0.25) is 5.91 Å². The van der Waals surface area contributed by atoms with Crippen LogP contribution in [0.3, 0.4) is 0 Å². The number of rotatable bonds is 6. The van der Waals surface area contributed by atoms with E-state index in [9.17, 15) is 4.79 Å². The van der Waals surface area contributed by atoms with Crippen LogP contribution >= 0.6 is 35.0 Å². The molecule has 0 radical (unpaired) electrons. The zero-order valence-electron chi connectivity index (χ0n) is 11.0. The zero-order chi connectivity index (χ0) is 14.4. The number of nitrogen functional groups attached to an aromatic ring is 1. The Labute approximate surface area is 128 Å². The van der Waals surface area contributed by atoms with Crippen LogP contribution in [-0.2, 0) is 4.79 Å². The maximum Gasteiger partial charge on any atom is 0.234 e. The molecule has 1 atom stereocenters. The first-order chi connectivity index (χ1) is 8.93. The molecule has 0 fully saturated rings. The van der Waals surface area contributed by atoms with E-state index in [1.807, 2.05) is 0 Å². The summed E-state index contributed by atoms with van der Waals surface area (Å²) in [6.07, 6.45) is 1.12. The highest BCUT2D eigenvalue weighted by molar-refractivity contribution is 7.99. The number of halogens is 2. The van der Waals surface area contributed by atoms with Crippen LogP contribution in [0.2, 0.25) is 10.0 Å². The molecule has 0 spiro atoms. The van der Waals surface area contributed by atoms with Crippen molar-refractivity contribution in [2.45, 2.75) is 20.3 Å². The highest BCUT2D eigenvalue weighted by Crippen LogP contribution is 2.32. The molecule has 106 valence electrons. The first-order valence-corrected chi connectivity index (χ1v) is 7.97. The van der Waals surface area contributed by atoms with Gasteiger partial charge in [-0.15, -0.1) is 0 Å². The van der Waals surface area contributed by atoms with Crippen LogP contribution in [0.4, 0.5) is 11.4 Å². The van der Waals surface area contributed by atoms with Gasteiger partial charge in [0.15, 0.2) is 0 Å². The summed E-state index contributed by atoms with van der Waals surface area (Å²) in [4.78, 5) is 11.8. The third-order valence-corrected chi connectivity index (χ3v) is 4.53. The summed E-state index contributed by atoms with van der Waals surface area (Å²) in [7, 11) is 0. The lowest BCUT2D eigenvalue weighted by atomic mass is 10.2. The smallest absolute Gasteiger partial charge is 0.234 e. The van der Waals surface area contributed by atoms with E-state index in [1.165, 1.54) is 0 Å². The fourth-order valence-corrected chi connectivity index (χ4v) is 2.97. The minimum Gasteiger partial charge on any atom is -0.399 e. The predicted octanol–water partition coefficient (Wildman–Crippen LogP) is 4.29. The SMILES string of the molecule is CCC(C)CSCC(=O)Nc1c(Cl)cc(N)cc1Cl. The Morgan fingerprint density at radius 1 is 1.42 bits per heavy atom. The molecule has 6 heteroatoms. The van der Waals surface area contributed by atoms with E-state index in [1.54, 1.807) is 23.9 Å². The van der Waals surface area contributed by atoms with Crippen molar-refractivity contribution in [3.8, 4) is 0 Å². The Morgan fingerprint density at radius 2 is 2.00 bits per heavy atom. The van der Waals surface area contributed by atoms with Crippen LogP contribution in [0.1, 0.15) is 20.3 Å². The molecular weight excluding hydrogens is 303 g/mol. The van der Waals surface area contributed by atoms with E-state index in [2.05, 4.69) is 19.2 Å². The van der Waals surface area contributed by atoms with Crippen molar-refractivity contribution in [2.75, 3.05) is 22.6 Å². The Balaban J connectivity index is 2.53. The van der Waals surface area contributed by atoms with Gasteiger partial charge in [-0.2, -0.15) is 11.8 Å². The summed E-state index contributed by atoms with van der Waals surface area (Å²) in [6.45, 7) is 4.30. The lowest BCUT2D eigenvalue weighted by Gasteiger charge is -2.11. The molecule has 0 saturated carbocycles. The number of carbonyl (C=O) groups is 1. The highest BCUT2D eigenvalue weighted by Gasteiger charge is 2.11. The average molecular weight is 321 g/mol. The molecule has 0 aliphatic carbocycles. The number of hydrogen-bond donors (Lipinski definition) is 2. The van der Waals surface area contributed by atoms with Gasteiger partial charge in [0.05, 0.1) is 21.5 Å². The summed E-state index contributed by atoms with van der Waals surface area (Å²) >= 11 is 13.6. The number of thioether (sulfide) groups is 1. The fraction of sp³-hybridized carbons (Fsp3) is 0.462. The highest BCUT2D eigenvalue weighted by atomic mass is 35.5. The van der Waals surface area contributed by atoms with Crippen LogP contribution < -0.4 is 11.1 Å². The van der Waals surface area contributed by atoms with E-state index in [4.69, 9.17) is 28.9 Å². The van der Waals surface area contributed by atoms with Gasteiger partial charge in [-0.1, -0.05) is 43.5 Å². The van der Waals surface area contributed by atoms with Crippen LogP contribution in [0.25, 0.3) is 0 Å². The normalized spacial score (nSPS) is 12.2. The molecule has 1 amide bonds. The molecule has 0 aliphatic rings. The second-order valence-electron chi connectivity index (χ2n) is 4.44. The predicted molar refractivity (Wildman–Crippen MR) is 86.3 cm³/mol. The third-order valence-electron chi connectivity index (χ3n) is 2.66. The first-order valence-electron chi connectivity index (χ1n) is 6.06. The average Bonchev–Trinajstić information content (AvgIpc) is 2.33. The number of benzene rings is 1. The lowest BCUT2D eigenvalue weighted by Crippen LogP contribution is -2.15. The van der Waals surface area contributed by atoms with Crippen molar-refractivity contribution in [2.24, 2.45) is 5.92 Å². The number of nitrogens with one attached hydrogen (secondary N) is 1. The molecule has 0 aliphatic heterocycles. The first kappa shape index (κ1) is 16.5. The van der Waals surface area contributed by atoms with E-state index in [0.29, 0.717) is 33.1 Å². The van der Waals surface area contributed by atoms with Crippen molar-refractivity contribution in [3.63, 3.8) is 0 Å². The molecular formula is C13H18Cl2N2OS.